The van der Waals surface area contributed by atoms with Gasteiger partial charge in [-0.1, -0.05) is 6.07 Å². The molecule has 0 saturated carbocycles. The van der Waals surface area contributed by atoms with Crippen molar-refractivity contribution in [1.82, 2.24) is 0 Å². The van der Waals surface area contributed by atoms with Crippen LogP contribution in [0, 0.1) is 11.3 Å². The van der Waals surface area contributed by atoms with Crippen LogP contribution in [0.3, 0.4) is 0 Å². The molecule has 0 unspecified atom stereocenters. The Hall–Kier alpha value is -3.79. The number of amides is 1. The lowest BCUT2D eigenvalue weighted by Crippen LogP contribution is -2.20. The summed E-state index contributed by atoms with van der Waals surface area (Å²) in [5.41, 5.74) is 1.75. The van der Waals surface area contributed by atoms with Crippen molar-refractivity contribution in [3.8, 4) is 17.6 Å². The van der Waals surface area contributed by atoms with Crippen molar-refractivity contribution >= 4 is 23.6 Å². The zero-order valence-electron chi connectivity index (χ0n) is 13.6. The molecule has 1 aliphatic heterocycles. The van der Waals surface area contributed by atoms with Crippen molar-refractivity contribution in [1.29, 1.82) is 5.26 Å². The summed E-state index contributed by atoms with van der Waals surface area (Å²) in [5.74, 6) is 0.156. The molecule has 0 bridgehead atoms. The number of benzene rings is 2. The summed E-state index contributed by atoms with van der Waals surface area (Å²) in [5, 5.41) is 11.3. The molecule has 1 heterocycles. The molecule has 130 valence electrons. The molecule has 1 aliphatic rings. The molecule has 7 heteroatoms. The van der Waals surface area contributed by atoms with Crippen LogP contribution in [0.1, 0.15) is 11.1 Å². The van der Waals surface area contributed by atoms with Crippen LogP contribution >= 0.6 is 0 Å². The van der Waals surface area contributed by atoms with Crippen molar-refractivity contribution in [2.75, 3.05) is 18.7 Å². The summed E-state index contributed by atoms with van der Waals surface area (Å²) in [7, 11) is 0. The number of rotatable bonds is 5. The molecule has 26 heavy (non-hydrogen) atoms. The van der Waals surface area contributed by atoms with E-state index in [1.165, 1.54) is 6.08 Å². The molecule has 2 aromatic rings. The van der Waals surface area contributed by atoms with Gasteiger partial charge >= 0.3 is 5.97 Å². The van der Waals surface area contributed by atoms with Gasteiger partial charge in [0.25, 0.3) is 5.91 Å². The Morgan fingerprint density at radius 2 is 1.92 bits per heavy atom. The van der Waals surface area contributed by atoms with E-state index in [9.17, 15) is 9.59 Å². The van der Waals surface area contributed by atoms with Crippen molar-refractivity contribution in [2.45, 2.75) is 0 Å². The second kappa shape index (κ2) is 7.85. The molecule has 1 N–H and O–H groups in total. The Labute approximate surface area is 149 Å². The smallest absolute Gasteiger partial charge is 0.331 e. The van der Waals surface area contributed by atoms with E-state index in [4.69, 9.17) is 19.5 Å². The van der Waals surface area contributed by atoms with Crippen LogP contribution in [-0.2, 0) is 14.3 Å². The number of esters is 1. The summed E-state index contributed by atoms with van der Waals surface area (Å²) >= 11 is 0. The Bertz CT molecular complexity index is 897. The zero-order chi connectivity index (χ0) is 18.4. The maximum atomic E-state index is 11.8. The van der Waals surface area contributed by atoms with Gasteiger partial charge in [0.1, 0.15) is 0 Å². The number of carbonyl (C=O) groups is 2. The minimum atomic E-state index is -0.641. The molecule has 7 nitrogen and oxygen atoms in total. The fraction of sp³-hybridized carbons (Fsp3) is 0.105. The van der Waals surface area contributed by atoms with Crippen molar-refractivity contribution in [3.63, 3.8) is 0 Å². The quantitative estimate of drug-likeness (QED) is 0.657. The topological polar surface area (TPSA) is 97.7 Å². The molecule has 0 atom stereocenters. The summed E-state index contributed by atoms with van der Waals surface area (Å²) in [4.78, 5) is 23.5. The number of nitriles is 1. The van der Waals surface area contributed by atoms with Gasteiger partial charge in [-0.2, -0.15) is 5.26 Å². The van der Waals surface area contributed by atoms with Crippen LogP contribution in [0.5, 0.6) is 11.5 Å². The number of nitrogens with one attached hydrogen (secondary N) is 1. The average molecular weight is 350 g/mol. The van der Waals surface area contributed by atoms with E-state index in [1.807, 2.05) is 6.07 Å². The number of anilines is 1. The van der Waals surface area contributed by atoms with E-state index in [0.717, 1.165) is 5.56 Å². The first kappa shape index (κ1) is 17.0. The number of hydrogen-bond acceptors (Lipinski definition) is 6. The van der Waals surface area contributed by atoms with E-state index >= 15 is 0 Å². The lowest BCUT2D eigenvalue weighted by molar-refractivity contribution is -0.142. The third-order valence-electron chi connectivity index (χ3n) is 3.45. The highest BCUT2D eigenvalue weighted by atomic mass is 16.7. The predicted molar refractivity (Wildman–Crippen MR) is 92.3 cm³/mol. The first-order valence-electron chi connectivity index (χ1n) is 7.68. The van der Waals surface area contributed by atoms with Gasteiger partial charge in [-0.05, 0) is 48.0 Å². The van der Waals surface area contributed by atoms with Gasteiger partial charge in [-0.25, -0.2) is 4.79 Å². The molecule has 0 aliphatic carbocycles. The zero-order valence-corrected chi connectivity index (χ0v) is 13.6. The first-order valence-corrected chi connectivity index (χ1v) is 7.68. The number of fused-ring (bicyclic) bond motifs is 1. The number of carbonyl (C=O) groups excluding carboxylic acids is 2. The van der Waals surface area contributed by atoms with E-state index in [1.54, 1.807) is 48.5 Å². The van der Waals surface area contributed by atoms with Crippen molar-refractivity contribution in [3.05, 3.63) is 59.7 Å². The molecular formula is C19H14N2O5. The third-order valence-corrected chi connectivity index (χ3v) is 3.45. The second-order valence-electron chi connectivity index (χ2n) is 5.29. The number of nitrogens with zero attached hydrogens (tertiary/aromatic N) is 1. The average Bonchev–Trinajstić information content (AvgIpc) is 3.13. The van der Waals surface area contributed by atoms with Gasteiger partial charge in [-0.15, -0.1) is 0 Å². The van der Waals surface area contributed by atoms with Gasteiger partial charge in [0.15, 0.2) is 18.1 Å². The molecular weight excluding hydrogens is 336 g/mol. The third kappa shape index (κ3) is 4.39. The fourth-order valence-electron chi connectivity index (χ4n) is 2.19. The van der Waals surface area contributed by atoms with Crippen LogP contribution in [-0.4, -0.2) is 25.3 Å². The van der Waals surface area contributed by atoms with Crippen molar-refractivity contribution < 1.29 is 23.8 Å². The number of ether oxygens (including phenoxy) is 3. The van der Waals surface area contributed by atoms with E-state index in [-0.39, 0.29) is 6.79 Å². The van der Waals surface area contributed by atoms with Crippen LogP contribution in [0.2, 0.25) is 0 Å². The maximum Gasteiger partial charge on any atom is 0.331 e. The highest BCUT2D eigenvalue weighted by molar-refractivity contribution is 5.94. The molecule has 3 rings (SSSR count). The molecule has 0 radical (unpaired) electrons. The van der Waals surface area contributed by atoms with Crippen LogP contribution in [0.4, 0.5) is 5.69 Å². The van der Waals surface area contributed by atoms with Gasteiger partial charge < -0.3 is 19.5 Å². The summed E-state index contributed by atoms with van der Waals surface area (Å²) < 4.78 is 15.3. The lowest BCUT2D eigenvalue weighted by Gasteiger charge is -2.05. The SMILES string of the molecule is N#Cc1ccc(NC(=O)COC(=O)/C=C/c2ccc3c(c2)OCO3)cc1. The Kier molecular flexibility index (Phi) is 5.15. The molecule has 0 fully saturated rings. The van der Waals surface area contributed by atoms with Gasteiger partial charge in [0.2, 0.25) is 6.79 Å². The minimum Gasteiger partial charge on any atom is -0.454 e. The van der Waals surface area contributed by atoms with Crippen molar-refractivity contribution in [2.24, 2.45) is 0 Å². The maximum absolute atomic E-state index is 11.8. The van der Waals surface area contributed by atoms with E-state index in [2.05, 4.69) is 5.32 Å². The van der Waals surface area contributed by atoms with Crippen LogP contribution < -0.4 is 14.8 Å². The normalized spacial score (nSPS) is 11.8. The van der Waals surface area contributed by atoms with Crippen LogP contribution in [0.25, 0.3) is 6.08 Å². The molecule has 0 saturated heterocycles. The fourth-order valence-corrected chi connectivity index (χ4v) is 2.19. The first-order chi connectivity index (χ1) is 12.6. The van der Waals surface area contributed by atoms with E-state index in [0.29, 0.717) is 22.7 Å². The standard InChI is InChI=1S/C19H14N2O5/c20-10-14-1-5-15(6-2-14)21-18(22)11-24-19(23)8-4-13-3-7-16-17(9-13)26-12-25-16/h1-9H,11-12H2,(H,21,22)/b8-4+. The highest BCUT2D eigenvalue weighted by Gasteiger charge is 2.12. The lowest BCUT2D eigenvalue weighted by atomic mass is 10.2. The number of hydrogen-bond donors (Lipinski definition) is 1. The predicted octanol–water partition coefficient (Wildman–Crippen LogP) is 2.48. The Morgan fingerprint density at radius 1 is 1.15 bits per heavy atom. The minimum absolute atomic E-state index is 0.179. The van der Waals surface area contributed by atoms with Gasteiger partial charge in [0, 0.05) is 11.8 Å². The summed E-state index contributed by atoms with van der Waals surface area (Å²) in [6, 6.07) is 13.6. The second-order valence-corrected chi connectivity index (χ2v) is 5.29. The summed E-state index contributed by atoms with van der Waals surface area (Å²) in [6.45, 7) is -0.233. The largest absolute Gasteiger partial charge is 0.454 e. The van der Waals surface area contributed by atoms with Crippen LogP contribution in [0.15, 0.2) is 48.5 Å². The van der Waals surface area contributed by atoms with Gasteiger partial charge in [0.05, 0.1) is 11.6 Å². The summed E-state index contributed by atoms with van der Waals surface area (Å²) in [6.07, 6.45) is 2.79. The van der Waals surface area contributed by atoms with E-state index < -0.39 is 18.5 Å². The molecule has 0 spiro atoms. The molecule has 1 amide bonds. The Morgan fingerprint density at radius 3 is 2.69 bits per heavy atom. The molecule has 2 aromatic carbocycles. The highest BCUT2D eigenvalue weighted by Crippen LogP contribution is 2.32. The van der Waals surface area contributed by atoms with Gasteiger partial charge in [-0.3, -0.25) is 4.79 Å². The Balaban J connectivity index is 1.47. The monoisotopic (exact) mass is 350 g/mol. The molecule has 0 aromatic heterocycles.